The average molecular weight is 336 g/mol. The van der Waals surface area contributed by atoms with Crippen LogP contribution in [0.2, 0.25) is 0 Å². The molecule has 2 atom stereocenters. The van der Waals surface area contributed by atoms with Gasteiger partial charge in [-0.1, -0.05) is 30.3 Å². The quantitative estimate of drug-likeness (QED) is 0.861. The zero-order valence-electron chi connectivity index (χ0n) is 14.6. The highest BCUT2D eigenvalue weighted by Gasteiger charge is 2.41. The Bertz CT molecular complexity index is 715. The number of amides is 1. The molecule has 2 heterocycles. The van der Waals surface area contributed by atoms with Gasteiger partial charge in [0, 0.05) is 38.3 Å². The molecule has 2 aromatic rings. The maximum Gasteiger partial charge on any atom is 0.253 e. The Labute approximate surface area is 149 Å². The van der Waals surface area contributed by atoms with Crippen LogP contribution in [-0.2, 0) is 6.54 Å². The van der Waals surface area contributed by atoms with E-state index in [1.165, 1.54) is 5.56 Å². The summed E-state index contributed by atoms with van der Waals surface area (Å²) < 4.78 is 5.17. The van der Waals surface area contributed by atoms with Gasteiger partial charge in [0.25, 0.3) is 5.91 Å². The maximum absolute atomic E-state index is 12.7. The fourth-order valence-corrected chi connectivity index (χ4v) is 4.14. The second kappa shape index (κ2) is 6.89. The summed E-state index contributed by atoms with van der Waals surface area (Å²) in [6, 6.07) is 18.1. The molecule has 1 amide bonds. The lowest BCUT2D eigenvalue weighted by Crippen LogP contribution is -2.33. The molecule has 2 aliphatic heterocycles. The minimum atomic E-state index is 0.145. The molecule has 0 aromatic heterocycles. The number of rotatable bonds is 4. The monoisotopic (exact) mass is 336 g/mol. The highest BCUT2D eigenvalue weighted by atomic mass is 16.5. The van der Waals surface area contributed by atoms with Crippen molar-refractivity contribution in [2.75, 3.05) is 33.3 Å². The Morgan fingerprint density at radius 3 is 2.20 bits per heavy atom. The Kier molecular flexibility index (Phi) is 4.45. The van der Waals surface area contributed by atoms with Crippen molar-refractivity contribution in [3.05, 3.63) is 65.7 Å². The van der Waals surface area contributed by atoms with E-state index in [1.807, 2.05) is 29.2 Å². The van der Waals surface area contributed by atoms with E-state index in [9.17, 15) is 4.79 Å². The third-order valence-electron chi connectivity index (χ3n) is 5.44. The zero-order valence-corrected chi connectivity index (χ0v) is 14.6. The summed E-state index contributed by atoms with van der Waals surface area (Å²) in [4.78, 5) is 17.3. The van der Waals surface area contributed by atoms with Crippen molar-refractivity contribution >= 4 is 5.91 Å². The lowest BCUT2D eigenvalue weighted by atomic mass is 10.0. The van der Waals surface area contributed by atoms with E-state index in [-0.39, 0.29) is 5.91 Å². The number of methoxy groups -OCH3 is 1. The van der Waals surface area contributed by atoms with Gasteiger partial charge in [-0.3, -0.25) is 9.69 Å². The van der Waals surface area contributed by atoms with Gasteiger partial charge in [-0.2, -0.15) is 0 Å². The first-order valence-corrected chi connectivity index (χ1v) is 8.92. The molecule has 0 spiro atoms. The minimum Gasteiger partial charge on any atom is -0.497 e. The van der Waals surface area contributed by atoms with Gasteiger partial charge in [-0.15, -0.1) is 0 Å². The number of fused-ring (bicyclic) bond motifs is 1. The molecule has 0 unspecified atom stereocenters. The van der Waals surface area contributed by atoms with Crippen LogP contribution in [0.25, 0.3) is 0 Å². The Morgan fingerprint density at radius 1 is 0.960 bits per heavy atom. The molecule has 2 aliphatic rings. The average Bonchev–Trinajstić information content (AvgIpc) is 3.20. The van der Waals surface area contributed by atoms with Gasteiger partial charge in [-0.25, -0.2) is 0 Å². The maximum atomic E-state index is 12.7. The SMILES string of the molecule is COc1ccc(C(=O)N2C[C@H]3CN(Cc4ccccc4)C[C@@H]3C2)cc1. The minimum absolute atomic E-state index is 0.145. The summed E-state index contributed by atoms with van der Waals surface area (Å²) in [5, 5.41) is 0. The number of carbonyl (C=O) groups is 1. The number of hydrogen-bond acceptors (Lipinski definition) is 3. The van der Waals surface area contributed by atoms with Gasteiger partial charge in [0.05, 0.1) is 7.11 Å². The molecular formula is C21H24N2O2. The van der Waals surface area contributed by atoms with Crippen LogP contribution in [0.4, 0.5) is 0 Å². The van der Waals surface area contributed by atoms with E-state index in [2.05, 4.69) is 35.2 Å². The number of nitrogens with zero attached hydrogens (tertiary/aromatic N) is 2. The molecule has 4 nitrogen and oxygen atoms in total. The molecule has 4 rings (SSSR count). The van der Waals surface area contributed by atoms with Crippen molar-refractivity contribution in [1.29, 1.82) is 0 Å². The fourth-order valence-electron chi connectivity index (χ4n) is 4.14. The van der Waals surface area contributed by atoms with Gasteiger partial charge in [-0.05, 0) is 41.7 Å². The summed E-state index contributed by atoms with van der Waals surface area (Å²) in [6.45, 7) is 4.94. The van der Waals surface area contributed by atoms with Crippen LogP contribution in [0.3, 0.4) is 0 Å². The fraction of sp³-hybridized carbons (Fsp3) is 0.381. The standard InChI is InChI=1S/C21H24N2O2/c1-25-20-9-7-17(8-10-20)21(24)23-14-18-12-22(13-19(18)15-23)11-16-5-3-2-4-6-16/h2-10,18-19H,11-15H2,1H3/t18-,19-/m1/s1. The summed E-state index contributed by atoms with van der Waals surface area (Å²) in [5.74, 6) is 2.13. The van der Waals surface area contributed by atoms with Crippen molar-refractivity contribution in [2.45, 2.75) is 6.54 Å². The molecule has 25 heavy (non-hydrogen) atoms. The molecule has 4 heteroatoms. The van der Waals surface area contributed by atoms with Crippen molar-refractivity contribution in [1.82, 2.24) is 9.80 Å². The number of hydrogen-bond donors (Lipinski definition) is 0. The second-order valence-electron chi connectivity index (χ2n) is 7.14. The lowest BCUT2D eigenvalue weighted by molar-refractivity contribution is 0.0773. The number of ether oxygens (including phenoxy) is 1. The Balaban J connectivity index is 1.35. The van der Waals surface area contributed by atoms with Crippen LogP contribution < -0.4 is 4.74 Å². The first-order chi connectivity index (χ1) is 12.2. The van der Waals surface area contributed by atoms with E-state index >= 15 is 0 Å². The smallest absolute Gasteiger partial charge is 0.253 e. The molecule has 2 fully saturated rings. The topological polar surface area (TPSA) is 32.8 Å². The highest BCUT2D eigenvalue weighted by Crippen LogP contribution is 2.32. The third kappa shape index (κ3) is 3.40. The summed E-state index contributed by atoms with van der Waals surface area (Å²) >= 11 is 0. The zero-order chi connectivity index (χ0) is 17.2. The largest absolute Gasteiger partial charge is 0.497 e. The lowest BCUT2D eigenvalue weighted by Gasteiger charge is -2.22. The van der Waals surface area contributed by atoms with Crippen LogP contribution >= 0.6 is 0 Å². The molecular weight excluding hydrogens is 312 g/mol. The number of likely N-dealkylation sites (tertiary alicyclic amines) is 2. The van der Waals surface area contributed by atoms with Crippen molar-refractivity contribution in [2.24, 2.45) is 11.8 Å². The van der Waals surface area contributed by atoms with Crippen LogP contribution in [0.15, 0.2) is 54.6 Å². The Morgan fingerprint density at radius 2 is 1.60 bits per heavy atom. The molecule has 0 bridgehead atoms. The Hall–Kier alpha value is -2.33. The van der Waals surface area contributed by atoms with E-state index < -0.39 is 0 Å². The van der Waals surface area contributed by atoms with E-state index in [4.69, 9.17) is 4.74 Å². The highest BCUT2D eigenvalue weighted by molar-refractivity contribution is 5.94. The van der Waals surface area contributed by atoms with Crippen LogP contribution in [0.1, 0.15) is 15.9 Å². The van der Waals surface area contributed by atoms with Gasteiger partial charge in [0.1, 0.15) is 5.75 Å². The third-order valence-corrected chi connectivity index (χ3v) is 5.44. The van der Waals surface area contributed by atoms with E-state index in [0.29, 0.717) is 11.8 Å². The molecule has 0 aliphatic carbocycles. The van der Waals surface area contributed by atoms with Gasteiger partial charge < -0.3 is 9.64 Å². The van der Waals surface area contributed by atoms with Crippen LogP contribution in [0, 0.1) is 11.8 Å². The molecule has 0 N–H and O–H groups in total. The van der Waals surface area contributed by atoms with Crippen LogP contribution in [0.5, 0.6) is 5.75 Å². The number of benzene rings is 2. The molecule has 0 saturated carbocycles. The van der Waals surface area contributed by atoms with Gasteiger partial charge >= 0.3 is 0 Å². The number of carbonyl (C=O) groups excluding carboxylic acids is 1. The first-order valence-electron chi connectivity index (χ1n) is 8.92. The molecule has 2 aromatic carbocycles. The van der Waals surface area contributed by atoms with Crippen molar-refractivity contribution < 1.29 is 9.53 Å². The molecule has 0 radical (unpaired) electrons. The van der Waals surface area contributed by atoms with E-state index in [1.54, 1.807) is 7.11 Å². The second-order valence-corrected chi connectivity index (χ2v) is 7.14. The molecule has 130 valence electrons. The van der Waals surface area contributed by atoms with Crippen molar-refractivity contribution in [3.8, 4) is 5.75 Å². The predicted octanol–water partition coefficient (Wildman–Crippen LogP) is 2.90. The first kappa shape index (κ1) is 16.2. The van der Waals surface area contributed by atoms with Gasteiger partial charge in [0.15, 0.2) is 0 Å². The van der Waals surface area contributed by atoms with Crippen molar-refractivity contribution in [3.63, 3.8) is 0 Å². The van der Waals surface area contributed by atoms with Gasteiger partial charge in [0.2, 0.25) is 0 Å². The summed E-state index contributed by atoms with van der Waals surface area (Å²) in [5.41, 5.74) is 2.12. The van der Waals surface area contributed by atoms with E-state index in [0.717, 1.165) is 44.0 Å². The molecule has 2 saturated heterocycles. The summed E-state index contributed by atoms with van der Waals surface area (Å²) in [7, 11) is 1.64. The summed E-state index contributed by atoms with van der Waals surface area (Å²) in [6.07, 6.45) is 0. The normalized spacial score (nSPS) is 22.8. The van der Waals surface area contributed by atoms with Crippen LogP contribution in [-0.4, -0.2) is 49.0 Å². The predicted molar refractivity (Wildman–Crippen MR) is 97.6 cm³/mol.